The summed E-state index contributed by atoms with van der Waals surface area (Å²) >= 11 is 0. The van der Waals surface area contributed by atoms with Crippen LogP contribution in [-0.2, 0) is 0 Å². The van der Waals surface area contributed by atoms with Crippen molar-refractivity contribution in [3.63, 3.8) is 0 Å². The fraction of sp³-hybridized carbons (Fsp3) is 0.200. The highest BCUT2D eigenvalue weighted by Gasteiger charge is 2.20. The fourth-order valence-electron chi connectivity index (χ4n) is 1.30. The van der Waals surface area contributed by atoms with E-state index in [0.29, 0.717) is 6.04 Å². The molecule has 2 heteroatoms. The summed E-state index contributed by atoms with van der Waals surface area (Å²) in [5.41, 5.74) is 1.15. The normalized spacial score (nSPS) is 21.1. The number of nitrogens with zero attached hydrogens (tertiary/aromatic N) is 2. The van der Waals surface area contributed by atoms with E-state index in [9.17, 15) is 0 Å². The Morgan fingerprint density at radius 3 is 2.58 bits per heavy atom. The third-order valence-electron chi connectivity index (χ3n) is 1.96. The summed E-state index contributed by atoms with van der Waals surface area (Å²) in [5, 5.41) is 4.24. The summed E-state index contributed by atoms with van der Waals surface area (Å²) < 4.78 is 2.00. The van der Waals surface area contributed by atoms with E-state index in [1.807, 2.05) is 29.1 Å². The van der Waals surface area contributed by atoms with Crippen molar-refractivity contribution in [2.24, 2.45) is 5.11 Å². The van der Waals surface area contributed by atoms with Gasteiger partial charge in [0.2, 0.25) is 11.7 Å². The van der Waals surface area contributed by atoms with Crippen molar-refractivity contribution in [3.8, 4) is 0 Å². The minimum absolute atomic E-state index is 0.382. The molecule has 2 rings (SSSR count). The van der Waals surface area contributed by atoms with E-state index in [1.54, 1.807) is 0 Å². The number of hydrogen-bond donors (Lipinski definition) is 0. The van der Waals surface area contributed by atoms with Gasteiger partial charge in [0.1, 0.15) is 0 Å². The maximum Gasteiger partial charge on any atom is 0.232 e. The molecule has 1 aliphatic heterocycles. The molecular weight excluding hydrogens is 148 g/mol. The monoisotopic (exact) mass is 159 g/mol. The number of hydrogen-bond acceptors (Lipinski definition) is 1. The topological polar surface area (TPSA) is 15.4 Å². The first-order valence-electron chi connectivity index (χ1n) is 4.09. The molecule has 1 unspecified atom stereocenters. The van der Waals surface area contributed by atoms with Crippen LogP contribution in [0.2, 0.25) is 0 Å². The smallest absolute Gasteiger partial charge is 0.0782 e. The second kappa shape index (κ2) is 2.89. The van der Waals surface area contributed by atoms with E-state index < -0.39 is 0 Å². The molecule has 0 amide bonds. The Balaban J connectivity index is 2.34. The molecule has 0 spiro atoms. The van der Waals surface area contributed by atoms with E-state index in [0.717, 1.165) is 5.69 Å². The van der Waals surface area contributed by atoms with Crippen LogP contribution >= 0.6 is 0 Å². The maximum atomic E-state index is 4.24. The van der Waals surface area contributed by atoms with Gasteiger partial charge in [0.05, 0.1) is 6.20 Å². The Bertz CT molecular complexity index is 325. The minimum atomic E-state index is 0.382. The Kier molecular flexibility index (Phi) is 1.74. The van der Waals surface area contributed by atoms with E-state index in [-0.39, 0.29) is 0 Å². The Hall–Kier alpha value is -1.44. The van der Waals surface area contributed by atoms with Crippen LogP contribution in [0.1, 0.15) is 6.92 Å². The lowest BCUT2D eigenvalue weighted by atomic mass is 10.2. The average molecular weight is 159 g/mol. The maximum absolute atomic E-state index is 4.24. The Morgan fingerprint density at radius 2 is 2.00 bits per heavy atom. The van der Waals surface area contributed by atoms with Crippen LogP contribution in [-0.4, -0.2) is 10.7 Å². The molecule has 12 heavy (non-hydrogen) atoms. The third-order valence-corrected chi connectivity index (χ3v) is 1.96. The molecule has 1 aromatic carbocycles. The van der Waals surface area contributed by atoms with Gasteiger partial charge in [0.15, 0.2) is 0 Å². The molecule has 2 nitrogen and oxygen atoms in total. The van der Waals surface area contributed by atoms with Crippen LogP contribution in [0, 0.1) is 0 Å². The quantitative estimate of drug-likeness (QED) is 0.560. The van der Waals surface area contributed by atoms with E-state index in [4.69, 9.17) is 0 Å². The van der Waals surface area contributed by atoms with Crippen molar-refractivity contribution in [1.82, 2.24) is 0 Å². The van der Waals surface area contributed by atoms with Crippen LogP contribution in [0.15, 0.2) is 47.7 Å². The number of para-hydroxylation sites is 1. The Morgan fingerprint density at radius 1 is 1.25 bits per heavy atom. The van der Waals surface area contributed by atoms with Gasteiger partial charge in [-0.05, 0) is 5.11 Å². The molecule has 1 heterocycles. The highest BCUT2D eigenvalue weighted by molar-refractivity contribution is 5.28. The lowest BCUT2D eigenvalue weighted by molar-refractivity contribution is -0.526. The van der Waals surface area contributed by atoms with Crippen LogP contribution < -0.4 is 0 Å². The van der Waals surface area contributed by atoms with Gasteiger partial charge in [-0.2, -0.15) is 0 Å². The molecule has 1 aromatic rings. The highest BCUT2D eigenvalue weighted by Crippen LogP contribution is 2.17. The van der Waals surface area contributed by atoms with Gasteiger partial charge in [0.25, 0.3) is 0 Å². The summed E-state index contributed by atoms with van der Waals surface area (Å²) in [7, 11) is 0. The molecule has 0 radical (unpaired) electrons. The molecule has 1 atom stereocenters. The average Bonchev–Trinajstić information content (AvgIpc) is 2.53. The molecule has 1 aliphatic rings. The van der Waals surface area contributed by atoms with Crippen molar-refractivity contribution in [3.05, 3.63) is 42.6 Å². The van der Waals surface area contributed by atoms with Gasteiger partial charge in [0, 0.05) is 25.1 Å². The standard InChI is InChI=1S/C10H11N2/c1-9-7-8-11-12(9)10-5-3-2-4-6-10/h2-9H,1H3/q+1. The van der Waals surface area contributed by atoms with Gasteiger partial charge >= 0.3 is 0 Å². The minimum Gasteiger partial charge on any atom is -0.0782 e. The van der Waals surface area contributed by atoms with Crippen LogP contribution in [0.3, 0.4) is 0 Å². The molecule has 0 saturated carbocycles. The molecule has 0 fully saturated rings. The summed E-state index contributed by atoms with van der Waals surface area (Å²) in [6, 6.07) is 10.6. The van der Waals surface area contributed by atoms with Gasteiger partial charge in [-0.25, -0.2) is 0 Å². The predicted octanol–water partition coefficient (Wildman–Crippen LogP) is 2.70. The summed E-state index contributed by atoms with van der Waals surface area (Å²) in [5.74, 6) is 0. The van der Waals surface area contributed by atoms with Crippen LogP contribution in [0.25, 0.3) is 0 Å². The first kappa shape index (κ1) is 7.22. The Labute approximate surface area is 71.9 Å². The second-order valence-corrected chi connectivity index (χ2v) is 2.88. The van der Waals surface area contributed by atoms with Gasteiger partial charge in [-0.3, -0.25) is 0 Å². The van der Waals surface area contributed by atoms with Crippen molar-refractivity contribution in [1.29, 1.82) is 0 Å². The van der Waals surface area contributed by atoms with E-state index >= 15 is 0 Å². The van der Waals surface area contributed by atoms with Crippen molar-refractivity contribution in [2.45, 2.75) is 13.0 Å². The molecule has 0 aromatic heterocycles. The molecular formula is C10H11N2+. The molecule has 60 valence electrons. The van der Waals surface area contributed by atoms with E-state index in [2.05, 4.69) is 30.2 Å². The summed E-state index contributed by atoms with van der Waals surface area (Å²) in [6.45, 7) is 2.12. The SMILES string of the molecule is CC1C=CN=[N+]1c1ccccc1. The van der Waals surface area contributed by atoms with E-state index in [1.165, 1.54) is 0 Å². The zero-order valence-electron chi connectivity index (χ0n) is 7.01. The predicted molar refractivity (Wildman–Crippen MR) is 47.4 cm³/mol. The van der Waals surface area contributed by atoms with Crippen LogP contribution in [0.5, 0.6) is 0 Å². The molecule has 0 bridgehead atoms. The number of benzene rings is 1. The molecule has 0 aliphatic carbocycles. The lowest BCUT2D eigenvalue weighted by Crippen LogP contribution is -2.10. The first-order valence-corrected chi connectivity index (χ1v) is 4.09. The van der Waals surface area contributed by atoms with Crippen molar-refractivity contribution < 1.29 is 4.70 Å². The van der Waals surface area contributed by atoms with Crippen molar-refractivity contribution >= 4 is 5.69 Å². The first-order chi connectivity index (χ1) is 5.88. The van der Waals surface area contributed by atoms with Crippen molar-refractivity contribution in [2.75, 3.05) is 0 Å². The summed E-state index contributed by atoms with van der Waals surface area (Å²) in [4.78, 5) is 0. The van der Waals surface area contributed by atoms with Gasteiger partial charge < -0.3 is 0 Å². The molecule has 0 N–H and O–H groups in total. The largest absolute Gasteiger partial charge is 0.232 e. The number of azo groups is 2. The lowest BCUT2D eigenvalue weighted by Gasteiger charge is -1.97. The molecule has 0 saturated heterocycles. The summed E-state index contributed by atoms with van der Waals surface area (Å²) in [6.07, 6.45) is 3.92. The number of rotatable bonds is 1. The zero-order valence-corrected chi connectivity index (χ0v) is 7.01. The third kappa shape index (κ3) is 1.16. The fourth-order valence-corrected chi connectivity index (χ4v) is 1.30. The van der Waals surface area contributed by atoms with Gasteiger partial charge in [-0.1, -0.05) is 22.9 Å². The second-order valence-electron chi connectivity index (χ2n) is 2.88. The highest BCUT2D eigenvalue weighted by atomic mass is 15.3. The zero-order chi connectivity index (χ0) is 8.39. The van der Waals surface area contributed by atoms with Gasteiger partial charge in [-0.15, -0.1) is 0 Å². The van der Waals surface area contributed by atoms with Crippen LogP contribution in [0.4, 0.5) is 5.69 Å².